The van der Waals surface area contributed by atoms with E-state index in [1.807, 2.05) is 0 Å². The zero-order valence-corrected chi connectivity index (χ0v) is 16.2. The summed E-state index contributed by atoms with van der Waals surface area (Å²) in [4.78, 5) is 4.86. The SMILES string of the molecule is CCCCCCCCCCCCCCCN1C=CN(C(C)C)C1. The second kappa shape index (κ2) is 13.7. The zero-order chi connectivity index (χ0) is 16.8. The monoisotopic (exact) mass is 322 g/mol. The molecule has 0 bridgehead atoms. The van der Waals surface area contributed by atoms with E-state index in [9.17, 15) is 0 Å². The second-order valence-corrected chi connectivity index (χ2v) is 7.60. The third-order valence-electron chi connectivity index (χ3n) is 5.03. The van der Waals surface area contributed by atoms with Crippen molar-refractivity contribution in [2.45, 2.75) is 110 Å². The fraction of sp³-hybridized carbons (Fsp3) is 0.905. The van der Waals surface area contributed by atoms with Crippen molar-refractivity contribution in [2.24, 2.45) is 0 Å². The highest BCUT2D eigenvalue weighted by Crippen LogP contribution is 2.14. The van der Waals surface area contributed by atoms with Gasteiger partial charge in [-0.3, -0.25) is 0 Å². The average Bonchev–Trinajstić information content (AvgIpc) is 3.01. The number of hydrogen-bond acceptors (Lipinski definition) is 2. The number of nitrogens with zero attached hydrogens (tertiary/aromatic N) is 2. The van der Waals surface area contributed by atoms with Crippen LogP contribution in [-0.2, 0) is 0 Å². The Morgan fingerprint density at radius 3 is 1.61 bits per heavy atom. The minimum atomic E-state index is 0.628. The van der Waals surface area contributed by atoms with Gasteiger partial charge in [-0.25, -0.2) is 0 Å². The smallest absolute Gasteiger partial charge is 0.0896 e. The Labute approximate surface area is 146 Å². The van der Waals surface area contributed by atoms with E-state index in [0.717, 1.165) is 6.67 Å². The van der Waals surface area contributed by atoms with Gasteiger partial charge >= 0.3 is 0 Å². The van der Waals surface area contributed by atoms with Crippen molar-refractivity contribution in [3.63, 3.8) is 0 Å². The Balaban J connectivity index is 1.76. The van der Waals surface area contributed by atoms with E-state index >= 15 is 0 Å². The molecule has 1 aliphatic heterocycles. The summed E-state index contributed by atoms with van der Waals surface area (Å²) in [5.41, 5.74) is 0. The van der Waals surface area contributed by atoms with Crippen LogP contribution in [0.1, 0.15) is 104 Å². The summed E-state index contributed by atoms with van der Waals surface area (Å²) in [6.07, 6.45) is 23.2. The Kier molecular flexibility index (Phi) is 12.2. The van der Waals surface area contributed by atoms with Gasteiger partial charge in [-0.1, -0.05) is 84.0 Å². The van der Waals surface area contributed by atoms with Crippen LogP contribution < -0.4 is 0 Å². The predicted molar refractivity (Wildman–Crippen MR) is 103 cm³/mol. The second-order valence-electron chi connectivity index (χ2n) is 7.60. The normalized spacial score (nSPS) is 14.4. The first-order valence-corrected chi connectivity index (χ1v) is 10.4. The van der Waals surface area contributed by atoms with Crippen molar-refractivity contribution in [3.05, 3.63) is 12.4 Å². The van der Waals surface area contributed by atoms with Crippen molar-refractivity contribution in [2.75, 3.05) is 13.2 Å². The molecule has 0 saturated heterocycles. The van der Waals surface area contributed by atoms with E-state index in [4.69, 9.17) is 0 Å². The fourth-order valence-electron chi connectivity index (χ4n) is 3.30. The fourth-order valence-corrected chi connectivity index (χ4v) is 3.30. The molecule has 0 aromatic rings. The highest BCUT2D eigenvalue weighted by atomic mass is 15.3. The van der Waals surface area contributed by atoms with E-state index in [1.165, 1.54) is 90.0 Å². The topological polar surface area (TPSA) is 6.48 Å². The molecule has 0 aromatic heterocycles. The van der Waals surface area contributed by atoms with E-state index in [-0.39, 0.29) is 0 Å². The molecule has 23 heavy (non-hydrogen) atoms. The van der Waals surface area contributed by atoms with E-state index < -0.39 is 0 Å². The van der Waals surface area contributed by atoms with Crippen molar-refractivity contribution < 1.29 is 0 Å². The first-order chi connectivity index (χ1) is 11.2. The quantitative estimate of drug-likeness (QED) is 0.316. The summed E-state index contributed by atoms with van der Waals surface area (Å²) >= 11 is 0. The molecule has 0 saturated carbocycles. The number of rotatable bonds is 15. The summed E-state index contributed by atoms with van der Waals surface area (Å²) in [6, 6.07) is 0.628. The number of hydrogen-bond donors (Lipinski definition) is 0. The molecule has 1 rings (SSSR count). The van der Waals surface area contributed by atoms with Crippen LogP contribution in [0.15, 0.2) is 12.4 Å². The molecule has 2 heteroatoms. The van der Waals surface area contributed by atoms with Crippen molar-refractivity contribution in [3.8, 4) is 0 Å². The molecule has 0 amide bonds. The maximum Gasteiger partial charge on any atom is 0.0896 e. The minimum Gasteiger partial charge on any atom is -0.359 e. The summed E-state index contributed by atoms with van der Waals surface area (Å²) in [6.45, 7) is 9.15. The van der Waals surface area contributed by atoms with Crippen LogP contribution in [0.25, 0.3) is 0 Å². The Hall–Kier alpha value is -0.660. The molecule has 0 spiro atoms. The van der Waals surface area contributed by atoms with Crippen LogP contribution in [-0.4, -0.2) is 29.1 Å². The molecule has 0 aromatic carbocycles. The average molecular weight is 323 g/mol. The number of unbranched alkanes of at least 4 members (excludes halogenated alkanes) is 12. The third kappa shape index (κ3) is 10.7. The lowest BCUT2D eigenvalue weighted by Crippen LogP contribution is -2.30. The predicted octanol–water partition coefficient (Wildman–Crippen LogP) is 6.53. The molecule has 0 unspecified atom stereocenters. The Bertz CT molecular complexity index is 286. The van der Waals surface area contributed by atoms with Gasteiger partial charge in [0.1, 0.15) is 0 Å². The van der Waals surface area contributed by atoms with Crippen LogP contribution in [0, 0.1) is 0 Å². The molecular weight excluding hydrogens is 280 g/mol. The standard InChI is InChI=1S/C21H42N2/c1-4-5-6-7-8-9-10-11-12-13-14-15-16-17-22-18-19-23(20-22)21(2)3/h18-19,21H,4-17,20H2,1-3H3. The van der Waals surface area contributed by atoms with Crippen molar-refractivity contribution in [1.82, 2.24) is 9.80 Å². The first kappa shape index (κ1) is 20.4. The lowest BCUT2D eigenvalue weighted by Gasteiger charge is -2.24. The van der Waals surface area contributed by atoms with Gasteiger partial charge in [-0.05, 0) is 20.3 Å². The van der Waals surface area contributed by atoms with Gasteiger partial charge in [0.05, 0.1) is 6.67 Å². The van der Waals surface area contributed by atoms with Crippen LogP contribution in [0.3, 0.4) is 0 Å². The lowest BCUT2D eigenvalue weighted by molar-refractivity contribution is 0.228. The van der Waals surface area contributed by atoms with Crippen LogP contribution in [0.2, 0.25) is 0 Å². The first-order valence-electron chi connectivity index (χ1n) is 10.4. The maximum absolute atomic E-state index is 2.46. The largest absolute Gasteiger partial charge is 0.359 e. The van der Waals surface area contributed by atoms with Gasteiger partial charge in [0.15, 0.2) is 0 Å². The molecule has 1 heterocycles. The molecular formula is C21H42N2. The molecule has 2 nitrogen and oxygen atoms in total. The van der Waals surface area contributed by atoms with E-state index in [1.54, 1.807) is 0 Å². The molecule has 1 aliphatic rings. The molecule has 0 aliphatic carbocycles. The van der Waals surface area contributed by atoms with E-state index in [0.29, 0.717) is 6.04 Å². The van der Waals surface area contributed by atoms with Gasteiger partial charge in [0, 0.05) is 25.0 Å². The summed E-state index contributed by atoms with van der Waals surface area (Å²) < 4.78 is 0. The van der Waals surface area contributed by atoms with Crippen molar-refractivity contribution in [1.29, 1.82) is 0 Å². The van der Waals surface area contributed by atoms with Gasteiger partial charge < -0.3 is 9.80 Å². The van der Waals surface area contributed by atoms with Crippen LogP contribution >= 0.6 is 0 Å². The molecule has 136 valence electrons. The highest BCUT2D eigenvalue weighted by Gasteiger charge is 2.13. The molecule has 0 atom stereocenters. The lowest BCUT2D eigenvalue weighted by atomic mass is 10.0. The van der Waals surface area contributed by atoms with Gasteiger partial charge in [-0.2, -0.15) is 0 Å². The van der Waals surface area contributed by atoms with Gasteiger partial charge in [0.2, 0.25) is 0 Å². The van der Waals surface area contributed by atoms with Crippen LogP contribution in [0.4, 0.5) is 0 Å². The highest BCUT2D eigenvalue weighted by molar-refractivity contribution is 4.91. The third-order valence-corrected chi connectivity index (χ3v) is 5.03. The Morgan fingerprint density at radius 1 is 0.696 bits per heavy atom. The maximum atomic E-state index is 2.46. The molecule has 0 N–H and O–H groups in total. The summed E-state index contributed by atoms with van der Waals surface area (Å²) in [5, 5.41) is 0. The molecule has 0 radical (unpaired) electrons. The van der Waals surface area contributed by atoms with Gasteiger partial charge in [0.25, 0.3) is 0 Å². The Morgan fingerprint density at radius 2 is 1.17 bits per heavy atom. The van der Waals surface area contributed by atoms with Crippen molar-refractivity contribution >= 4 is 0 Å². The minimum absolute atomic E-state index is 0.628. The van der Waals surface area contributed by atoms with Crippen LogP contribution in [0.5, 0.6) is 0 Å². The zero-order valence-electron chi connectivity index (χ0n) is 16.2. The van der Waals surface area contributed by atoms with Gasteiger partial charge in [-0.15, -0.1) is 0 Å². The summed E-state index contributed by atoms with van der Waals surface area (Å²) in [5.74, 6) is 0. The summed E-state index contributed by atoms with van der Waals surface area (Å²) in [7, 11) is 0. The molecule has 0 fully saturated rings. The van der Waals surface area contributed by atoms with E-state index in [2.05, 4.69) is 43.0 Å².